The van der Waals surface area contributed by atoms with Crippen LogP contribution in [0.5, 0.6) is 11.5 Å². The van der Waals surface area contributed by atoms with Gasteiger partial charge in [0.15, 0.2) is 11.5 Å². The Morgan fingerprint density at radius 3 is 2.58 bits per heavy atom. The molecule has 1 amide bonds. The van der Waals surface area contributed by atoms with Crippen molar-refractivity contribution in [2.24, 2.45) is 5.10 Å². The number of aryl methyl sites for hydroxylation is 1. The molecule has 5 rings (SSSR count). The summed E-state index contributed by atoms with van der Waals surface area (Å²) in [5, 5.41) is 7.27. The molecule has 7 heteroatoms. The molecule has 174 valence electrons. The SMILES string of the molecule is CCOC(=O)N1CCC2(CC1)Oc1c(OCC)cccc1[C@H]1CC(c3ccc(C)cc3)=NN12. The minimum absolute atomic E-state index is 0.0691. The first-order chi connectivity index (χ1) is 16.0. The molecule has 2 aromatic rings. The summed E-state index contributed by atoms with van der Waals surface area (Å²) in [6.07, 6.45) is 1.83. The summed E-state index contributed by atoms with van der Waals surface area (Å²) in [4.78, 5) is 14.1. The Kier molecular flexibility index (Phi) is 5.64. The third-order valence-electron chi connectivity index (χ3n) is 6.74. The van der Waals surface area contributed by atoms with Crippen molar-refractivity contribution in [1.82, 2.24) is 9.91 Å². The van der Waals surface area contributed by atoms with Gasteiger partial charge in [0.25, 0.3) is 0 Å². The predicted octanol–water partition coefficient (Wildman–Crippen LogP) is 4.89. The molecule has 0 radical (unpaired) electrons. The molecule has 0 bridgehead atoms. The Hall–Kier alpha value is -3.22. The lowest BCUT2D eigenvalue weighted by Gasteiger charge is -2.51. The number of benzene rings is 2. The number of piperidine rings is 1. The summed E-state index contributed by atoms with van der Waals surface area (Å²) in [5.41, 5.74) is 3.90. The molecule has 2 aromatic carbocycles. The normalized spacial score (nSPS) is 20.6. The Labute approximate surface area is 194 Å². The molecule has 0 N–H and O–H groups in total. The summed E-state index contributed by atoms with van der Waals surface area (Å²) in [6, 6.07) is 14.7. The molecular weight excluding hydrogens is 418 g/mol. The monoisotopic (exact) mass is 449 g/mol. The van der Waals surface area contributed by atoms with Gasteiger partial charge in [-0.15, -0.1) is 0 Å². The Morgan fingerprint density at radius 2 is 1.88 bits per heavy atom. The van der Waals surface area contributed by atoms with Crippen molar-refractivity contribution >= 4 is 11.8 Å². The van der Waals surface area contributed by atoms with Crippen LogP contribution in [0.2, 0.25) is 0 Å². The highest BCUT2D eigenvalue weighted by molar-refractivity contribution is 6.02. The fourth-order valence-electron chi connectivity index (χ4n) is 5.04. The molecule has 33 heavy (non-hydrogen) atoms. The van der Waals surface area contributed by atoms with Crippen LogP contribution in [-0.2, 0) is 4.74 Å². The zero-order valence-electron chi connectivity index (χ0n) is 19.5. The molecule has 0 unspecified atom stereocenters. The maximum atomic E-state index is 12.3. The third-order valence-corrected chi connectivity index (χ3v) is 6.74. The van der Waals surface area contributed by atoms with Crippen LogP contribution in [0.4, 0.5) is 4.79 Å². The van der Waals surface area contributed by atoms with Gasteiger partial charge in [0.1, 0.15) is 0 Å². The van der Waals surface area contributed by atoms with Crippen molar-refractivity contribution in [3.63, 3.8) is 0 Å². The highest BCUT2D eigenvalue weighted by Gasteiger charge is 2.53. The lowest BCUT2D eigenvalue weighted by atomic mass is 9.90. The van der Waals surface area contributed by atoms with Crippen LogP contribution in [0.3, 0.4) is 0 Å². The van der Waals surface area contributed by atoms with Crippen molar-refractivity contribution in [2.45, 2.75) is 51.8 Å². The number of fused-ring (bicyclic) bond motifs is 4. The number of ether oxygens (including phenoxy) is 3. The van der Waals surface area contributed by atoms with Gasteiger partial charge in [-0.25, -0.2) is 9.80 Å². The van der Waals surface area contributed by atoms with Gasteiger partial charge in [-0.1, -0.05) is 42.0 Å². The molecule has 0 aromatic heterocycles. The van der Waals surface area contributed by atoms with Crippen LogP contribution in [0.25, 0.3) is 0 Å². The van der Waals surface area contributed by atoms with Gasteiger partial charge < -0.3 is 19.1 Å². The maximum absolute atomic E-state index is 12.3. The zero-order valence-corrected chi connectivity index (χ0v) is 19.5. The Morgan fingerprint density at radius 1 is 1.12 bits per heavy atom. The number of nitrogens with zero attached hydrogens (tertiary/aromatic N) is 3. The van der Waals surface area contributed by atoms with Crippen molar-refractivity contribution in [3.8, 4) is 11.5 Å². The van der Waals surface area contributed by atoms with Gasteiger partial charge in [-0.2, -0.15) is 5.10 Å². The van der Waals surface area contributed by atoms with E-state index in [2.05, 4.69) is 42.3 Å². The van der Waals surface area contributed by atoms with E-state index < -0.39 is 5.72 Å². The number of amides is 1. The van der Waals surface area contributed by atoms with Crippen LogP contribution in [0, 0.1) is 6.92 Å². The highest BCUT2D eigenvalue weighted by Crippen LogP contribution is 2.52. The minimum atomic E-state index is -0.625. The second-order valence-corrected chi connectivity index (χ2v) is 8.82. The molecule has 1 saturated heterocycles. The molecule has 3 heterocycles. The number of carbonyl (C=O) groups excluding carboxylic acids is 1. The van der Waals surface area contributed by atoms with Crippen LogP contribution < -0.4 is 9.47 Å². The Bertz CT molecular complexity index is 1060. The third kappa shape index (κ3) is 3.79. The fraction of sp³-hybridized carbons (Fsp3) is 0.462. The van der Waals surface area contributed by atoms with Gasteiger partial charge in [-0.3, -0.25) is 0 Å². The number of hydrazone groups is 1. The Balaban J connectivity index is 1.52. The predicted molar refractivity (Wildman–Crippen MR) is 126 cm³/mol. The molecular formula is C26H31N3O4. The van der Waals surface area contributed by atoms with E-state index in [-0.39, 0.29) is 12.1 Å². The van der Waals surface area contributed by atoms with E-state index in [1.807, 2.05) is 26.0 Å². The largest absolute Gasteiger partial charge is 0.490 e. The van der Waals surface area contributed by atoms with Crippen LogP contribution in [0.15, 0.2) is 47.6 Å². The van der Waals surface area contributed by atoms with Crippen molar-refractivity contribution in [1.29, 1.82) is 0 Å². The molecule has 1 spiro atoms. The van der Waals surface area contributed by atoms with Crippen molar-refractivity contribution < 1.29 is 19.0 Å². The second kappa shape index (κ2) is 8.61. The van der Waals surface area contributed by atoms with E-state index in [9.17, 15) is 4.79 Å². The number of rotatable bonds is 4. The molecule has 3 aliphatic heterocycles. The van der Waals surface area contributed by atoms with Crippen LogP contribution >= 0.6 is 0 Å². The lowest BCUT2D eigenvalue weighted by Crippen LogP contribution is -2.59. The van der Waals surface area contributed by atoms with E-state index in [0.29, 0.717) is 39.1 Å². The highest BCUT2D eigenvalue weighted by atomic mass is 16.6. The van der Waals surface area contributed by atoms with E-state index in [0.717, 1.165) is 34.8 Å². The summed E-state index contributed by atoms with van der Waals surface area (Å²) in [5.74, 6) is 1.58. The van der Waals surface area contributed by atoms with Gasteiger partial charge in [0, 0.05) is 37.9 Å². The smallest absolute Gasteiger partial charge is 0.409 e. The molecule has 0 saturated carbocycles. The first-order valence-corrected chi connectivity index (χ1v) is 11.8. The first-order valence-electron chi connectivity index (χ1n) is 11.8. The first kappa shape index (κ1) is 21.6. The topological polar surface area (TPSA) is 63.6 Å². The molecule has 7 nitrogen and oxygen atoms in total. The summed E-state index contributed by atoms with van der Waals surface area (Å²) < 4.78 is 17.9. The van der Waals surface area contributed by atoms with Gasteiger partial charge >= 0.3 is 6.09 Å². The van der Waals surface area contributed by atoms with Gasteiger partial charge in [0.05, 0.1) is 25.0 Å². The lowest BCUT2D eigenvalue weighted by molar-refractivity contribution is -0.148. The number of likely N-dealkylation sites (tertiary alicyclic amines) is 1. The molecule has 0 aliphatic carbocycles. The standard InChI is InChI=1S/C26H31N3O4/c1-4-31-23-8-6-7-20-22-17-21(19-11-9-18(3)10-12-19)27-29(22)26(33-24(20)23)13-15-28(16-14-26)25(30)32-5-2/h6-12,22H,4-5,13-17H2,1-3H3/t22-/m1/s1. The number of hydrogen-bond donors (Lipinski definition) is 0. The van der Waals surface area contributed by atoms with Crippen LogP contribution in [0.1, 0.15) is 55.8 Å². The fourth-order valence-corrected chi connectivity index (χ4v) is 5.04. The average molecular weight is 450 g/mol. The molecule has 3 aliphatic rings. The minimum Gasteiger partial charge on any atom is -0.490 e. The van der Waals surface area contributed by atoms with E-state index in [4.69, 9.17) is 19.3 Å². The van der Waals surface area contributed by atoms with Gasteiger partial charge in [0.2, 0.25) is 5.72 Å². The quantitative estimate of drug-likeness (QED) is 0.665. The second-order valence-electron chi connectivity index (χ2n) is 8.82. The van der Waals surface area contributed by atoms with Gasteiger partial charge in [-0.05, 0) is 32.4 Å². The summed E-state index contributed by atoms with van der Waals surface area (Å²) in [6.45, 7) is 7.97. The summed E-state index contributed by atoms with van der Waals surface area (Å²) >= 11 is 0. The number of carbonyl (C=O) groups is 1. The number of para-hydroxylation sites is 1. The van der Waals surface area contributed by atoms with E-state index >= 15 is 0 Å². The van der Waals surface area contributed by atoms with E-state index in [1.165, 1.54) is 5.56 Å². The van der Waals surface area contributed by atoms with Crippen LogP contribution in [-0.4, -0.2) is 53.7 Å². The summed E-state index contributed by atoms with van der Waals surface area (Å²) in [7, 11) is 0. The zero-order chi connectivity index (χ0) is 23.0. The average Bonchev–Trinajstić information content (AvgIpc) is 3.28. The maximum Gasteiger partial charge on any atom is 0.409 e. The van der Waals surface area contributed by atoms with Crippen molar-refractivity contribution in [2.75, 3.05) is 26.3 Å². The number of hydrogen-bond acceptors (Lipinski definition) is 6. The molecule has 1 atom stereocenters. The molecule has 1 fully saturated rings. The van der Waals surface area contributed by atoms with E-state index in [1.54, 1.807) is 4.90 Å². The van der Waals surface area contributed by atoms with Crippen molar-refractivity contribution in [3.05, 3.63) is 59.2 Å².